The van der Waals surface area contributed by atoms with Crippen LogP contribution < -0.4 is 14.8 Å². The number of carbonyl (C=O) groups excluding carboxylic acids is 2. The summed E-state index contributed by atoms with van der Waals surface area (Å²) in [6, 6.07) is 13.1. The number of aromatic nitrogens is 2. The maximum absolute atomic E-state index is 12.8. The Morgan fingerprint density at radius 2 is 1.71 bits per heavy atom. The minimum Gasteiger partial charge on any atom is -0.493 e. The average molecular weight is 481 g/mol. The van der Waals surface area contributed by atoms with Crippen LogP contribution in [-0.2, 0) is 17.8 Å². The molecule has 0 saturated heterocycles. The first-order chi connectivity index (χ1) is 17.0. The fourth-order valence-electron chi connectivity index (χ4n) is 4.17. The molecule has 35 heavy (non-hydrogen) atoms. The SMILES string of the molecule is CCN(CC)C(=O)Cn1c(CCCCCNC(=O)c2ccc(OC)c(OC)c2)nc2ccccc21. The van der Waals surface area contributed by atoms with Crippen LogP contribution in [0.3, 0.4) is 0 Å². The van der Waals surface area contributed by atoms with Crippen LogP contribution in [0.4, 0.5) is 0 Å². The molecule has 3 aromatic rings. The molecule has 0 aliphatic rings. The maximum Gasteiger partial charge on any atom is 0.251 e. The molecule has 0 aliphatic heterocycles. The van der Waals surface area contributed by atoms with Gasteiger partial charge in [-0.3, -0.25) is 9.59 Å². The second-order valence-corrected chi connectivity index (χ2v) is 8.31. The van der Waals surface area contributed by atoms with E-state index in [9.17, 15) is 9.59 Å². The van der Waals surface area contributed by atoms with E-state index in [1.165, 1.54) is 0 Å². The van der Waals surface area contributed by atoms with Crippen molar-refractivity contribution in [3.63, 3.8) is 0 Å². The van der Waals surface area contributed by atoms with Crippen LogP contribution in [0, 0.1) is 0 Å². The molecule has 8 nitrogen and oxygen atoms in total. The summed E-state index contributed by atoms with van der Waals surface area (Å²) < 4.78 is 12.5. The molecule has 0 radical (unpaired) electrons. The summed E-state index contributed by atoms with van der Waals surface area (Å²) in [6.07, 6.45) is 3.51. The molecule has 0 bridgehead atoms. The zero-order chi connectivity index (χ0) is 25.2. The molecule has 1 N–H and O–H groups in total. The van der Waals surface area contributed by atoms with Crippen LogP contribution in [0.25, 0.3) is 11.0 Å². The molecule has 1 heterocycles. The third-order valence-electron chi connectivity index (χ3n) is 6.15. The number of aryl methyl sites for hydroxylation is 1. The lowest BCUT2D eigenvalue weighted by atomic mass is 10.1. The van der Waals surface area contributed by atoms with Crippen molar-refractivity contribution in [3.8, 4) is 11.5 Å². The summed E-state index contributed by atoms with van der Waals surface area (Å²) in [5, 5.41) is 2.96. The minimum atomic E-state index is -0.136. The number of ether oxygens (including phenoxy) is 2. The first-order valence-corrected chi connectivity index (χ1v) is 12.2. The molecule has 8 heteroatoms. The maximum atomic E-state index is 12.8. The third kappa shape index (κ3) is 6.53. The van der Waals surface area contributed by atoms with Crippen molar-refractivity contribution in [2.45, 2.75) is 46.1 Å². The van der Waals surface area contributed by atoms with E-state index in [1.54, 1.807) is 32.4 Å². The van der Waals surface area contributed by atoms with Gasteiger partial charge in [-0.05, 0) is 57.0 Å². The summed E-state index contributed by atoms with van der Waals surface area (Å²) in [5.41, 5.74) is 2.44. The Morgan fingerprint density at radius 1 is 0.971 bits per heavy atom. The molecule has 0 atom stereocenters. The highest BCUT2D eigenvalue weighted by Crippen LogP contribution is 2.27. The molecule has 3 rings (SSSR count). The lowest BCUT2D eigenvalue weighted by Gasteiger charge is -2.20. The van der Waals surface area contributed by atoms with Gasteiger partial charge in [-0.25, -0.2) is 4.98 Å². The van der Waals surface area contributed by atoms with E-state index in [0.29, 0.717) is 43.2 Å². The quantitative estimate of drug-likeness (QED) is 0.373. The predicted molar refractivity (Wildman–Crippen MR) is 137 cm³/mol. The summed E-state index contributed by atoms with van der Waals surface area (Å²) >= 11 is 0. The molecule has 2 amide bonds. The van der Waals surface area contributed by atoms with E-state index >= 15 is 0 Å². The van der Waals surface area contributed by atoms with Crippen molar-refractivity contribution < 1.29 is 19.1 Å². The van der Waals surface area contributed by atoms with Gasteiger partial charge in [0.2, 0.25) is 5.91 Å². The number of hydrogen-bond acceptors (Lipinski definition) is 5. The lowest BCUT2D eigenvalue weighted by molar-refractivity contribution is -0.131. The fourth-order valence-corrected chi connectivity index (χ4v) is 4.17. The summed E-state index contributed by atoms with van der Waals surface area (Å²) in [4.78, 5) is 31.9. The van der Waals surface area contributed by atoms with E-state index in [0.717, 1.165) is 42.5 Å². The number of nitrogens with one attached hydrogen (secondary N) is 1. The highest BCUT2D eigenvalue weighted by Gasteiger charge is 2.16. The molecular formula is C27H36N4O4. The van der Waals surface area contributed by atoms with E-state index < -0.39 is 0 Å². The van der Waals surface area contributed by atoms with Gasteiger partial charge in [0, 0.05) is 31.6 Å². The van der Waals surface area contributed by atoms with Crippen LogP contribution in [0.15, 0.2) is 42.5 Å². The van der Waals surface area contributed by atoms with Gasteiger partial charge >= 0.3 is 0 Å². The zero-order valence-corrected chi connectivity index (χ0v) is 21.2. The van der Waals surface area contributed by atoms with Crippen LogP contribution in [0.2, 0.25) is 0 Å². The lowest BCUT2D eigenvalue weighted by Crippen LogP contribution is -2.33. The van der Waals surface area contributed by atoms with Crippen molar-refractivity contribution in [3.05, 3.63) is 53.9 Å². The molecule has 0 unspecified atom stereocenters. The van der Waals surface area contributed by atoms with Crippen molar-refractivity contribution in [1.29, 1.82) is 0 Å². The van der Waals surface area contributed by atoms with Crippen molar-refractivity contribution >= 4 is 22.8 Å². The van der Waals surface area contributed by atoms with Crippen LogP contribution in [0.1, 0.15) is 49.3 Å². The van der Waals surface area contributed by atoms with Gasteiger partial charge < -0.3 is 24.3 Å². The molecule has 2 aromatic carbocycles. The van der Waals surface area contributed by atoms with Crippen molar-refractivity contribution in [2.24, 2.45) is 0 Å². The number of rotatable bonds is 13. The number of nitrogens with zero attached hydrogens (tertiary/aromatic N) is 3. The number of hydrogen-bond donors (Lipinski definition) is 1. The number of carbonyl (C=O) groups is 2. The monoisotopic (exact) mass is 480 g/mol. The normalized spacial score (nSPS) is 10.9. The van der Waals surface area contributed by atoms with Gasteiger partial charge in [-0.2, -0.15) is 0 Å². The zero-order valence-electron chi connectivity index (χ0n) is 21.2. The van der Waals surface area contributed by atoms with Gasteiger partial charge in [0.05, 0.1) is 25.3 Å². The Bertz CT molecular complexity index is 1140. The molecule has 0 fully saturated rings. The number of methoxy groups -OCH3 is 2. The van der Waals surface area contributed by atoms with E-state index in [1.807, 2.05) is 43.0 Å². The van der Waals surface area contributed by atoms with Crippen LogP contribution in [-0.4, -0.2) is 60.1 Å². The number of imidazole rings is 1. The Hall–Kier alpha value is -3.55. The Balaban J connectivity index is 1.52. The first kappa shape index (κ1) is 26.1. The van der Waals surface area contributed by atoms with Crippen LogP contribution in [0.5, 0.6) is 11.5 Å². The smallest absolute Gasteiger partial charge is 0.251 e. The van der Waals surface area contributed by atoms with Gasteiger partial charge in [-0.15, -0.1) is 0 Å². The summed E-state index contributed by atoms with van der Waals surface area (Å²) in [7, 11) is 3.11. The third-order valence-corrected chi connectivity index (χ3v) is 6.15. The van der Waals surface area contributed by atoms with Gasteiger partial charge in [-0.1, -0.05) is 18.6 Å². The number of unbranched alkanes of at least 4 members (excludes halogenated alkanes) is 2. The molecule has 188 valence electrons. The largest absolute Gasteiger partial charge is 0.493 e. The molecule has 0 spiro atoms. The van der Waals surface area contributed by atoms with E-state index in [4.69, 9.17) is 14.5 Å². The van der Waals surface area contributed by atoms with E-state index in [-0.39, 0.29) is 11.8 Å². The molecule has 0 aliphatic carbocycles. The number of benzene rings is 2. The van der Waals surface area contributed by atoms with E-state index in [2.05, 4.69) is 9.88 Å². The Labute approximate surface area is 207 Å². The highest BCUT2D eigenvalue weighted by atomic mass is 16.5. The highest BCUT2D eigenvalue weighted by molar-refractivity contribution is 5.94. The number of amides is 2. The minimum absolute atomic E-state index is 0.109. The Kier molecular flexibility index (Phi) is 9.52. The molecule has 0 saturated carbocycles. The predicted octanol–water partition coefficient (Wildman–Crippen LogP) is 4.06. The molecular weight excluding hydrogens is 444 g/mol. The standard InChI is InChI=1S/C27H36N4O4/c1-5-30(6-2)26(32)19-31-22-13-10-9-12-21(22)29-25(31)14-8-7-11-17-28-27(33)20-15-16-23(34-3)24(18-20)35-4/h9-10,12-13,15-16,18H,5-8,11,14,17,19H2,1-4H3,(H,28,33). The average Bonchev–Trinajstić information content (AvgIpc) is 3.23. The fraction of sp³-hybridized carbons (Fsp3) is 0.444. The van der Waals surface area contributed by atoms with Crippen molar-refractivity contribution in [2.75, 3.05) is 33.9 Å². The topological polar surface area (TPSA) is 85.7 Å². The number of fused-ring (bicyclic) bond motifs is 1. The summed E-state index contributed by atoms with van der Waals surface area (Å²) in [5.74, 6) is 2.03. The van der Waals surface area contributed by atoms with Gasteiger partial charge in [0.15, 0.2) is 11.5 Å². The first-order valence-electron chi connectivity index (χ1n) is 12.2. The summed E-state index contributed by atoms with van der Waals surface area (Å²) in [6.45, 7) is 6.29. The van der Waals surface area contributed by atoms with Gasteiger partial charge in [0.1, 0.15) is 12.4 Å². The second-order valence-electron chi connectivity index (χ2n) is 8.31. The second kappa shape index (κ2) is 12.8. The van der Waals surface area contributed by atoms with Crippen molar-refractivity contribution in [1.82, 2.24) is 19.8 Å². The number of likely N-dealkylation sites (N-methyl/N-ethyl adjacent to an activating group) is 1. The number of para-hydroxylation sites is 2. The Morgan fingerprint density at radius 3 is 2.43 bits per heavy atom. The molecule has 1 aromatic heterocycles. The van der Waals surface area contributed by atoms with Gasteiger partial charge in [0.25, 0.3) is 5.91 Å². The van der Waals surface area contributed by atoms with Crippen LogP contribution >= 0.6 is 0 Å².